The molecule has 0 aromatic heterocycles. The summed E-state index contributed by atoms with van der Waals surface area (Å²) < 4.78 is 0.292. The predicted octanol–water partition coefficient (Wildman–Crippen LogP) is -3.02. The molecule has 0 spiro atoms. The SMILES string of the molecule is NC(N)=[Se].[SbH3]. The van der Waals surface area contributed by atoms with Crippen LogP contribution >= 0.6 is 0 Å². The summed E-state index contributed by atoms with van der Waals surface area (Å²) in [6, 6.07) is 0. The minimum atomic E-state index is 0. The third-order valence-electron chi connectivity index (χ3n) is 0. The van der Waals surface area contributed by atoms with E-state index in [0.29, 0.717) is 4.67 Å². The maximum atomic E-state index is 4.75. The van der Waals surface area contributed by atoms with Crippen LogP contribution in [-0.2, 0) is 0 Å². The Kier molecular flexibility index (Phi) is 8.90. The van der Waals surface area contributed by atoms with E-state index in [1.165, 1.54) is 0 Å². The minimum absolute atomic E-state index is 0. The third-order valence-corrected chi connectivity index (χ3v) is 0. The zero-order valence-corrected chi connectivity index (χ0v) is 8.52. The van der Waals surface area contributed by atoms with Gasteiger partial charge >= 0.3 is 56.1 Å². The van der Waals surface area contributed by atoms with E-state index in [-0.39, 0.29) is 24.4 Å². The number of rotatable bonds is 0. The molecule has 0 rings (SSSR count). The normalized spacial score (nSPS) is 4.80. The Balaban J connectivity index is 0. The number of hydrogen-bond donors (Lipinski definition) is 2. The van der Waals surface area contributed by atoms with E-state index in [4.69, 9.17) is 11.5 Å². The van der Waals surface area contributed by atoms with Gasteiger partial charge in [-0.05, 0) is 0 Å². The molecule has 2 nitrogen and oxygen atoms in total. The molecular weight excluding hydrogens is 241 g/mol. The maximum absolute atomic E-state index is 4.75. The van der Waals surface area contributed by atoms with Gasteiger partial charge in [0.25, 0.3) is 0 Å². The molecule has 0 bridgehead atoms. The van der Waals surface area contributed by atoms with Gasteiger partial charge in [-0.1, -0.05) is 0 Å². The van der Waals surface area contributed by atoms with E-state index in [1.54, 1.807) is 0 Å². The van der Waals surface area contributed by atoms with Crippen molar-refractivity contribution in [3.63, 3.8) is 0 Å². The monoisotopic (exact) mass is 248 g/mol. The van der Waals surface area contributed by atoms with Gasteiger partial charge in [0.1, 0.15) is 0 Å². The van der Waals surface area contributed by atoms with Crippen molar-refractivity contribution in [1.82, 2.24) is 0 Å². The molecule has 0 radical (unpaired) electrons. The van der Waals surface area contributed by atoms with E-state index >= 15 is 0 Å². The van der Waals surface area contributed by atoms with Crippen molar-refractivity contribution in [3.05, 3.63) is 0 Å². The molecule has 0 aliphatic rings. The van der Waals surface area contributed by atoms with Gasteiger partial charge in [0, 0.05) is 0 Å². The molecule has 0 unspecified atom stereocenters. The van der Waals surface area contributed by atoms with E-state index in [0.717, 1.165) is 0 Å². The standard InChI is InChI=1S/CH4N2Se.Sb.3H/c2-1(3)4;;;;/h(H4,2,3,4);;;;. The van der Waals surface area contributed by atoms with Crippen molar-refractivity contribution in [3.8, 4) is 0 Å². The second-order valence-corrected chi connectivity index (χ2v) is 1.39. The summed E-state index contributed by atoms with van der Waals surface area (Å²) in [7, 11) is 0. The second kappa shape index (κ2) is 4.81. The fraction of sp³-hybridized carbons (Fsp3) is 0. The Hall–Kier alpha value is 0.808. The van der Waals surface area contributed by atoms with Gasteiger partial charge < -0.3 is 0 Å². The molecule has 4 heteroatoms. The second-order valence-electron chi connectivity index (χ2n) is 0.402. The summed E-state index contributed by atoms with van der Waals surface area (Å²) in [5.74, 6) is 0. The van der Waals surface area contributed by atoms with Crippen LogP contribution < -0.4 is 11.5 Å². The Morgan fingerprint density at radius 2 is 1.40 bits per heavy atom. The van der Waals surface area contributed by atoms with Crippen molar-refractivity contribution < 1.29 is 0 Å². The van der Waals surface area contributed by atoms with Gasteiger partial charge in [-0.25, -0.2) is 0 Å². The molecule has 0 saturated carbocycles. The van der Waals surface area contributed by atoms with Crippen LogP contribution in [0, 0.1) is 0 Å². The van der Waals surface area contributed by atoms with Gasteiger partial charge in [-0.2, -0.15) is 0 Å². The van der Waals surface area contributed by atoms with Crippen molar-refractivity contribution >= 4 is 44.7 Å². The summed E-state index contributed by atoms with van der Waals surface area (Å²) in [5, 5.41) is 0. The number of nitrogens with two attached hydrogens (primary N) is 2. The van der Waals surface area contributed by atoms with Gasteiger partial charge in [-0.15, -0.1) is 0 Å². The first kappa shape index (κ1) is 9.26. The Bertz CT molecular complexity index is 32.6. The van der Waals surface area contributed by atoms with Crippen LogP contribution in [0.3, 0.4) is 0 Å². The van der Waals surface area contributed by atoms with Gasteiger partial charge in [-0.3, -0.25) is 0 Å². The van der Waals surface area contributed by atoms with E-state index in [9.17, 15) is 0 Å². The first-order chi connectivity index (χ1) is 1.73. The van der Waals surface area contributed by atoms with Crippen molar-refractivity contribution in [2.45, 2.75) is 0 Å². The molecule has 5 heavy (non-hydrogen) atoms. The Morgan fingerprint density at radius 1 is 1.40 bits per heavy atom. The molecule has 0 saturated heterocycles. The van der Waals surface area contributed by atoms with E-state index in [2.05, 4.69) is 15.6 Å². The molecule has 0 heterocycles. The van der Waals surface area contributed by atoms with E-state index in [1.807, 2.05) is 0 Å². The summed E-state index contributed by atoms with van der Waals surface area (Å²) in [6.45, 7) is 0. The van der Waals surface area contributed by atoms with Crippen LogP contribution in [0.1, 0.15) is 0 Å². The molecule has 0 aromatic rings. The fourth-order valence-corrected chi connectivity index (χ4v) is 0. The van der Waals surface area contributed by atoms with Crippen molar-refractivity contribution in [2.75, 3.05) is 0 Å². The van der Waals surface area contributed by atoms with E-state index < -0.39 is 0 Å². The Morgan fingerprint density at radius 3 is 1.40 bits per heavy atom. The molecule has 0 aliphatic heterocycles. The average molecular weight is 248 g/mol. The van der Waals surface area contributed by atoms with Gasteiger partial charge in [0.05, 0.1) is 0 Å². The topological polar surface area (TPSA) is 52.0 Å². The van der Waals surface area contributed by atoms with Gasteiger partial charge in [0.2, 0.25) is 0 Å². The average Bonchev–Trinajstić information content (AvgIpc) is 0.811. The molecule has 32 valence electrons. The molecule has 4 N–H and O–H groups in total. The molecule has 0 amide bonds. The summed E-state index contributed by atoms with van der Waals surface area (Å²) in [5.41, 5.74) is 9.50. The van der Waals surface area contributed by atoms with Crippen LogP contribution in [0.2, 0.25) is 0 Å². The quantitative estimate of drug-likeness (QED) is 0.448. The molecule has 0 aromatic carbocycles. The zero-order chi connectivity index (χ0) is 3.58. The summed E-state index contributed by atoms with van der Waals surface area (Å²) in [4.78, 5) is 0. The van der Waals surface area contributed by atoms with Gasteiger partial charge in [0.15, 0.2) is 0 Å². The van der Waals surface area contributed by atoms with Crippen LogP contribution in [0.4, 0.5) is 0 Å². The first-order valence-electron chi connectivity index (χ1n) is 0.781. The summed E-state index contributed by atoms with van der Waals surface area (Å²) in [6.07, 6.45) is 0. The van der Waals surface area contributed by atoms with Crippen LogP contribution in [0.25, 0.3) is 0 Å². The molecule has 0 fully saturated rings. The molecule has 0 aliphatic carbocycles. The van der Waals surface area contributed by atoms with Crippen LogP contribution in [0.5, 0.6) is 0 Å². The molecular formula is CH7N2SbSe. The van der Waals surface area contributed by atoms with Crippen LogP contribution in [-0.4, -0.2) is 44.7 Å². The zero-order valence-electron chi connectivity index (χ0n) is 2.77. The van der Waals surface area contributed by atoms with Crippen LogP contribution in [0.15, 0.2) is 0 Å². The van der Waals surface area contributed by atoms with Crippen molar-refractivity contribution in [1.29, 1.82) is 0 Å². The summed E-state index contributed by atoms with van der Waals surface area (Å²) >= 11 is 2.38. The predicted molar refractivity (Wildman–Crippen MR) is 29.1 cm³/mol. The Labute approximate surface area is 56.1 Å². The first-order valence-corrected chi connectivity index (χ1v) is 1.64. The number of hydrogen-bond acceptors (Lipinski definition) is 2. The van der Waals surface area contributed by atoms with Crippen molar-refractivity contribution in [2.24, 2.45) is 11.5 Å². The fourth-order valence-electron chi connectivity index (χ4n) is 0. The third kappa shape index (κ3) is 58.1. The molecule has 0 atom stereocenters.